The fourth-order valence-corrected chi connectivity index (χ4v) is 2.19. The van der Waals surface area contributed by atoms with Crippen LogP contribution in [0.25, 0.3) is 5.69 Å². The Hall–Kier alpha value is -2.41. The lowest BCUT2D eigenvalue weighted by Crippen LogP contribution is -2.01. The van der Waals surface area contributed by atoms with Gasteiger partial charge >= 0.3 is 0 Å². The maximum Gasteiger partial charge on any atom is 0.262 e. The van der Waals surface area contributed by atoms with Crippen LogP contribution in [0.15, 0.2) is 58.3 Å². The molecule has 0 saturated carbocycles. The largest absolute Gasteiger partial charge is 0.460 e. The van der Waals surface area contributed by atoms with Crippen molar-refractivity contribution in [3.8, 4) is 5.69 Å². The fourth-order valence-electron chi connectivity index (χ4n) is 1.50. The highest BCUT2D eigenvalue weighted by molar-refractivity contribution is 8.14. The highest BCUT2D eigenvalue weighted by atomic mass is 32.2. The number of rotatable bonds is 3. The van der Waals surface area contributed by atoms with Gasteiger partial charge in [-0.15, -0.1) is 5.10 Å². The normalized spacial score (nSPS) is 10.5. The zero-order valence-corrected chi connectivity index (χ0v) is 10.4. The zero-order chi connectivity index (χ0) is 13.1. The van der Waals surface area contributed by atoms with Crippen LogP contribution in [0.2, 0.25) is 0 Å². The van der Waals surface area contributed by atoms with Crippen molar-refractivity contribution in [2.45, 2.75) is 5.16 Å². The first-order valence-electron chi connectivity index (χ1n) is 5.44. The Labute approximate surface area is 112 Å². The number of nitrogens with zero attached hydrogens (tertiary/aromatic N) is 4. The van der Waals surface area contributed by atoms with Crippen LogP contribution in [-0.2, 0) is 0 Å². The van der Waals surface area contributed by atoms with Gasteiger partial charge in [-0.05, 0) is 46.5 Å². The van der Waals surface area contributed by atoms with E-state index in [2.05, 4.69) is 15.5 Å². The summed E-state index contributed by atoms with van der Waals surface area (Å²) in [6, 6.07) is 12.6. The highest BCUT2D eigenvalue weighted by Crippen LogP contribution is 2.22. The van der Waals surface area contributed by atoms with Gasteiger partial charge in [0.15, 0.2) is 5.76 Å². The average Bonchev–Trinajstić information content (AvgIpc) is 3.11. The first kappa shape index (κ1) is 11.7. The van der Waals surface area contributed by atoms with Gasteiger partial charge in [0.25, 0.3) is 5.12 Å². The average molecular weight is 272 g/mol. The molecule has 6 nitrogen and oxygen atoms in total. The van der Waals surface area contributed by atoms with Gasteiger partial charge in [0, 0.05) is 0 Å². The van der Waals surface area contributed by atoms with Crippen molar-refractivity contribution in [2.24, 2.45) is 0 Å². The summed E-state index contributed by atoms with van der Waals surface area (Å²) in [6.07, 6.45) is 1.45. The van der Waals surface area contributed by atoms with Gasteiger partial charge in [0.2, 0.25) is 5.16 Å². The number of tetrazole rings is 1. The summed E-state index contributed by atoms with van der Waals surface area (Å²) in [5, 5.41) is 11.5. The van der Waals surface area contributed by atoms with Crippen LogP contribution < -0.4 is 0 Å². The van der Waals surface area contributed by atoms with Crippen LogP contribution in [0.5, 0.6) is 0 Å². The van der Waals surface area contributed by atoms with Crippen molar-refractivity contribution < 1.29 is 9.21 Å². The van der Waals surface area contributed by atoms with Crippen LogP contribution in [0.3, 0.4) is 0 Å². The van der Waals surface area contributed by atoms with Crippen molar-refractivity contribution in [3.63, 3.8) is 0 Å². The number of carbonyl (C=O) groups excluding carboxylic acids is 1. The van der Waals surface area contributed by atoms with E-state index in [0.29, 0.717) is 5.16 Å². The number of thioether (sulfide) groups is 1. The van der Waals surface area contributed by atoms with E-state index >= 15 is 0 Å². The molecule has 3 aromatic rings. The molecular formula is C12H8N4O2S. The monoisotopic (exact) mass is 272 g/mol. The predicted molar refractivity (Wildman–Crippen MR) is 68.0 cm³/mol. The van der Waals surface area contributed by atoms with E-state index in [4.69, 9.17) is 4.42 Å². The Morgan fingerprint density at radius 2 is 2.00 bits per heavy atom. The molecule has 0 radical (unpaired) electrons. The minimum absolute atomic E-state index is 0.239. The SMILES string of the molecule is O=C(Sc1nnnn1-c1ccccc1)c1ccco1. The zero-order valence-electron chi connectivity index (χ0n) is 9.63. The minimum atomic E-state index is -0.239. The van der Waals surface area contributed by atoms with Gasteiger partial charge in [-0.2, -0.15) is 4.68 Å². The lowest BCUT2D eigenvalue weighted by Gasteiger charge is -2.01. The van der Waals surface area contributed by atoms with Gasteiger partial charge in [-0.1, -0.05) is 18.2 Å². The molecular weight excluding hydrogens is 264 g/mol. The van der Waals surface area contributed by atoms with Gasteiger partial charge in [-0.3, -0.25) is 4.79 Å². The summed E-state index contributed by atoms with van der Waals surface area (Å²) in [7, 11) is 0. The summed E-state index contributed by atoms with van der Waals surface area (Å²) in [5.74, 6) is 0.271. The van der Waals surface area contributed by atoms with Gasteiger partial charge < -0.3 is 4.42 Å². The van der Waals surface area contributed by atoms with Crippen molar-refractivity contribution in [1.82, 2.24) is 20.2 Å². The van der Waals surface area contributed by atoms with E-state index in [0.717, 1.165) is 17.4 Å². The lowest BCUT2D eigenvalue weighted by molar-refractivity contribution is 0.106. The second-order valence-electron chi connectivity index (χ2n) is 3.58. The Bertz CT molecular complexity index is 679. The molecule has 3 rings (SSSR count). The smallest absolute Gasteiger partial charge is 0.262 e. The lowest BCUT2D eigenvalue weighted by atomic mass is 10.3. The van der Waals surface area contributed by atoms with Crippen molar-refractivity contribution >= 4 is 16.9 Å². The number of benzene rings is 1. The second kappa shape index (κ2) is 5.07. The van der Waals surface area contributed by atoms with Crippen LogP contribution in [0.4, 0.5) is 0 Å². The number of carbonyl (C=O) groups is 1. The van der Waals surface area contributed by atoms with Crippen LogP contribution in [0, 0.1) is 0 Å². The molecule has 0 unspecified atom stereocenters. The Morgan fingerprint density at radius 1 is 1.16 bits per heavy atom. The van der Waals surface area contributed by atoms with E-state index in [1.54, 1.807) is 12.1 Å². The fraction of sp³-hybridized carbons (Fsp3) is 0. The standard InChI is InChI=1S/C12H8N4O2S/c17-11(10-7-4-8-18-10)19-12-13-14-15-16(12)9-5-2-1-3-6-9/h1-8H. The van der Waals surface area contributed by atoms with Gasteiger partial charge in [-0.25, -0.2) is 0 Å². The first-order valence-corrected chi connectivity index (χ1v) is 6.26. The number of hydrogen-bond donors (Lipinski definition) is 0. The Balaban J connectivity index is 1.87. The van der Waals surface area contributed by atoms with Crippen LogP contribution in [0.1, 0.15) is 10.6 Å². The third-order valence-electron chi connectivity index (χ3n) is 2.35. The summed E-state index contributed by atoms with van der Waals surface area (Å²) in [4.78, 5) is 11.9. The maximum absolute atomic E-state index is 11.9. The summed E-state index contributed by atoms with van der Waals surface area (Å²) in [5.41, 5.74) is 0.794. The quantitative estimate of drug-likeness (QED) is 0.680. The summed E-state index contributed by atoms with van der Waals surface area (Å²) in [6.45, 7) is 0. The molecule has 0 spiro atoms. The number of furan rings is 1. The molecule has 2 aromatic heterocycles. The molecule has 2 heterocycles. The third-order valence-corrected chi connectivity index (χ3v) is 3.17. The molecule has 94 valence electrons. The molecule has 0 N–H and O–H groups in total. The van der Waals surface area contributed by atoms with Crippen molar-refractivity contribution in [3.05, 3.63) is 54.5 Å². The van der Waals surface area contributed by atoms with E-state index in [9.17, 15) is 4.79 Å². The summed E-state index contributed by atoms with van der Waals surface area (Å²) >= 11 is 0.924. The molecule has 0 fully saturated rings. The van der Waals surface area contributed by atoms with Crippen LogP contribution >= 0.6 is 11.8 Å². The molecule has 0 aliphatic rings. The molecule has 19 heavy (non-hydrogen) atoms. The highest BCUT2D eigenvalue weighted by Gasteiger charge is 2.17. The van der Waals surface area contributed by atoms with E-state index in [-0.39, 0.29) is 10.9 Å². The van der Waals surface area contributed by atoms with Crippen LogP contribution in [-0.4, -0.2) is 25.3 Å². The number of aromatic nitrogens is 4. The molecule has 0 aliphatic heterocycles. The van der Waals surface area contributed by atoms with E-state index in [1.807, 2.05) is 30.3 Å². The second-order valence-corrected chi connectivity index (χ2v) is 4.52. The van der Waals surface area contributed by atoms with Gasteiger partial charge in [0.05, 0.1) is 12.0 Å². The molecule has 0 amide bonds. The number of para-hydroxylation sites is 1. The maximum atomic E-state index is 11.9. The van der Waals surface area contributed by atoms with Crippen molar-refractivity contribution in [2.75, 3.05) is 0 Å². The Morgan fingerprint density at radius 3 is 2.74 bits per heavy atom. The molecule has 0 aliphatic carbocycles. The molecule has 0 atom stereocenters. The Kier molecular flexibility index (Phi) is 3.11. The molecule has 0 saturated heterocycles. The van der Waals surface area contributed by atoms with Crippen molar-refractivity contribution in [1.29, 1.82) is 0 Å². The van der Waals surface area contributed by atoms with E-state index in [1.165, 1.54) is 10.9 Å². The van der Waals surface area contributed by atoms with Gasteiger partial charge in [0.1, 0.15) is 0 Å². The van der Waals surface area contributed by atoms with E-state index < -0.39 is 0 Å². The predicted octanol–water partition coefficient (Wildman–Crippen LogP) is 2.19. The molecule has 1 aromatic carbocycles. The third kappa shape index (κ3) is 2.41. The number of hydrogen-bond acceptors (Lipinski definition) is 6. The first-order chi connectivity index (χ1) is 9.34. The molecule has 0 bridgehead atoms. The molecule has 7 heteroatoms. The minimum Gasteiger partial charge on any atom is -0.460 e. The topological polar surface area (TPSA) is 73.8 Å². The summed E-state index contributed by atoms with van der Waals surface area (Å²) < 4.78 is 6.55.